The Morgan fingerprint density at radius 1 is 1.26 bits per heavy atom. The number of nitrogens with one attached hydrogen (secondary N) is 1. The summed E-state index contributed by atoms with van der Waals surface area (Å²) in [5, 5.41) is 4.11. The lowest BCUT2D eigenvalue weighted by molar-refractivity contribution is 1.08. The molecule has 19 heavy (non-hydrogen) atoms. The Bertz CT molecular complexity index is 567. The van der Waals surface area contributed by atoms with Gasteiger partial charge in [-0.2, -0.15) is 0 Å². The van der Waals surface area contributed by atoms with E-state index in [0.29, 0.717) is 0 Å². The van der Waals surface area contributed by atoms with Gasteiger partial charge in [0, 0.05) is 38.7 Å². The zero-order chi connectivity index (χ0) is 13.8. The molecule has 0 saturated heterocycles. The summed E-state index contributed by atoms with van der Waals surface area (Å²) in [6.07, 6.45) is 3.69. The number of aromatic nitrogens is 1. The van der Waals surface area contributed by atoms with Gasteiger partial charge in [-0.1, -0.05) is 11.6 Å². The van der Waals surface area contributed by atoms with Gasteiger partial charge in [-0.05, 0) is 42.3 Å². The van der Waals surface area contributed by atoms with Crippen LogP contribution in [0.5, 0.6) is 0 Å². The number of anilines is 2. The topological polar surface area (TPSA) is 28.2 Å². The Labute approximate surface area is 119 Å². The van der Waals surface area contributed by atoms with Crippen molar-refractivity contribution in [3.05, 3.63) is 52.8 Å². The highest BCUT2D eigenvalue weighted by molar-refractivity contribution is 6.33. The summed E-state index contributed by atoms with van der Waals surface area (Å²) in [6.45, 7) is 2.83. The number of hydrogen-bond donors (Lipinski definition) is 1. The van der Waals surface area contributed by atoms with Crippen molar-refractivity contribution >= 4 is 23.0 Å². The third-order valence-electron chi connectivity index (χ3n) is 3.06. The summed E-state index contributed by atoms with van der Waals surface area (Å²) in [6, 6.07) is 8.01. The minimum absolute atomic E-state index is 0.747. The molecule has 0 fully saturated rings. The smallest absolute Gasteiger partial charge is 0.0659 e. The van der Waals surface area contributed by atoms with Crippen LogP contribution in [-0.2, 0) is 6.54 Å². The first-order valence-corrected chi connectivity index (χ1v) is 6.56. The molecule has 0 unspecified atom stereocenters. The number of rotatable bonds is 4. The molecule has 4 heteroatoms. The van der Waals surface area contributed by atoms with Crippen molar-refractivity contribution in [2.75, 3.05) is 24.3 Å². The van der Waals surface area contributed by atoms with Crippen molar-refractivity contribution in [1.82, 2.24) is 4.98 Å². The highest BCUT2D eigenvalue weighted by Gasteiger charge is 2.04. The number of benzene rings is 1. The third-order valence-corrected chi connectivity index (χ3v) is 3.36. The van der Waals surface area contributed by atoms with Gasteiger partial charge in [0.05, 0.1) is 10.7 Å². The van der Waals surface area contributed by atoms with Crippen LogP contribution in [0.1, 0.15) is 11.1 Å². The molecule has 0 aliphatic heterocycles. The molecule has 1 aromatic carbocycles. The van der Waals surface area contributed by atoms with Gasteiger partial charge in [0.2, 0.25) is 0 Å². The highest BCUT2D eigenvalue weighted by Crippen LogP contribution is 2.27. The van der Waals surface area contributed by atoms with E-state index in [4.69, 9.17) is 11.6 Å². The maximum atomic E-state index is 6.24. The van der Waals surface area contributed by atoms with Gasteiger partial charge in [0.1, 0.15) is 0 Å². The summed E-state index contributed by atoms with van der Waals surface area (Å²) in [4.78, 5) is 6.14. The maximum absolute atomic E-state index is 6.24. The largest absolute Gasteiger partial charge is 0.381 e. The SMILES string of the molecule is Cc1ccncc1CNc1ccc(N(C)C)c(Cl)c1. The lowest BCUT2D eigenvalue weighted by Gasteiger charge is -2.16. The molecule has 0 atom stereocenters. The van der Waals surface area contributed by atoms with Crippen molar-refractivity contribution in [3.63, 3.8) is 0 Å². The van der Waals surface area contributed by atoms with Gasteiger partial charge in [-0.3, -0.25) is 4.98 Å². The predicted molar refractivity (Wildman–Crippen MR) is 82.1 cm³/mol. The highest BCUT2D eigenvalue weighted by atomic mass is 35.5. The van der Waals surface area contributed by atoms with E-state index in [-0.39, 0.29) is 0 Å². The average Bonchev–Trinajstić information content (AvgIpc) is 2.37. The van der Waals surface area contributed by atoms with E-state index >= 15 is 0 Å². The Balaban J connectivity index is 2.08. The van der Waals surface area contributed by atoms with Crippen LogP contribution in [0.15, 0.2) is 36.7 Å². The number of pyridine rings is 1. The van der Waals surface area contributed by atoms with E-state index < -0.39 is 0 Å². The summed E-state index contributed by atoms with van der Waals surface area (Å²) in [5.41, 5.74) is 4.46. The predicted octanol–water partition coefficient (Wildman–Crippen LogP) is 3.72. The Hall–Kier alpha value is -1.74. The van der Waals surface area contributed by atoms with Gasteiger partial charge in [-0.25, -0.2) is 0 Å². The monoisotopic (exact) mass is 275 g/mol. The minimum atomic E-state index is 0.747. The maximum Gasteiger partial charge on any atom is 0.0659 e. The molecule has 1 aromatic heterocycles. The summed E-state index contributed by atoms with van der Waals surface area (Å²) < 4.78 is 0. The molecular weight excluding hydrogens is 258 g/mol. The summed E-state index contributed by atoms with van der Waals surface area (Å²) >= 11 is 6.24. The van der Waals surface area contributed by atoms with Gasteiger partial charge in [0.15, 0.2) is 0 Å². The molecule has 1 N–H and O–H groups in total. The quantitative estimate of drug-likeness (QED) is 0.922. The summed E-state index contributed by atoms with van der Waals surface area (Å²) in [7, 11) is 3.96. The molecule has 1 heterocycles. The number of nitrogens with zero attached hydrogens (tertiary/aromatic N) is 2. The number of halogens is 1. The van der Waals surface area contributed by atoms with Crippen LogP contribution in [0.25, 0.3) is 0 Å². The first kappa shape index (κ1) is 13.7. The van der Waals surface area contributed by atoms with Crippen LogP contribution < -0.4 is 10.2 Å². The van der Waals surface area contributed by atoms with Crippen molar-refractivity contribution < 1.29 is 0 Å². The van der Waals surface area contributed by atoms with Crippen LogP contribution in [0.4, 0.5) is 11.4 Å². The average molecular weight is 276 g/mol. The fraction of sp³-hybridized carbons (Fsp3) is 0.267. The zero-order valence-electron chi connectivity index (χ0n) is 11.4. The van der Waals surface area contributed by atoms with Crippen LogP contribution in [0.2, 0.25) is 5.02 Å². The van der Waals surface area contributed by atoms with Crippen molar-refractivity contribution in [2.45, 2.75) is 13.5 Å². The summed E-state index contributed by atoms with van der Waals surface area (Å²) in [5.74, 6) is 0. The molecule has 3 nitrogen and oxygen atoms in total. The van der Waals surface area contributed by atoms with E-state index in [0.717, 1.165) is 22.9 Å². The van der Waals surface area contributed by atoms with E-state index in [2.05, 4.69) is 17.2 Å². The van der Waals surface area contributed by atoms with Crippen LogP contribution in [0.3, 0.4) is 0 Å². The van der Waals surface area contributed by atoms with Crippen LogP contribution >= 0.6 is 11.6 Å². The molecule has 0 spiro atoms. The second kappa shape index (κ2) is 5.93. The molecule has 100 valence electrons. The van der Waals surface area contributed by atoms with Gasteiger partial charge in [-0.15, -0.1) is 0 Å². The Morgan fingerprint density at radius 3 is 2.68 bits per heavy atom. The van der Waals surface area contributed by atoms with E-state index in [1.807, 2.05) is 55.7 Å². The normalized spacial score (nSPS) is 10.3. The first-order chi connectivity index (χ1) is 9.08. The molecule has 0 saturated carbocycles. The molecular formula is C15H18ClN3. The van der Waals surface area contributed by atoms with Gasteiger partial charge < -0.3 is 10.2 Å². The standard InChI is InChI=1S/C15H18ClN3/c1-11-6-7-17-9-12(11)10-18-13-4-5-15(19(2)3)14(16)8-13/h4-9,18H,10H2,1-3H3. The van der Waals surface area contributed by atoms with Crippen molar-refractivity contribution in [2.24, 2.45) is 0 Å². The fourth-order valence-electron chi connectivity index (χ4n) is 1.86. The van der Waals surface area contributed by atoms with Crippen molar-refractivity contribution in [1.29, 1.82) is 0 Å². The zero-order valence-corrected chi connectivity index (χ0v) is 12.2. The van der Waals surface area contributed by atoms with Crippen molar-refractivity contribution in [3.8, 4) is 0 Å². The Kier molecular flexibility index (Phi) is 4.27. The van der Waals surface area contributed by atoms with Gasteiger partial charge in [0.25, 0.3) is 0 Å². The number of hydrogen-bond acceptors (Lipinski definition) is 3. The lowest BCUT2D eigenvalue weighted by atomic mass is 10.1. The molecule has 0 amide bonds. The molecule has 0 aliphatic carbocycles. The fourth-order valence-corrected chi connectivity index (χ4v) is 2.21. The van der Waals surface area contributed by atoms with E-state index in [1.165, 1.54) is 11.1 Å². The second-order valence-electron chi connectivity index (χ2n) is 4.72. The Morgan fingerprint density at radius 2 is 2.05 bits per heavy atom. The second-order valence-corrected chi connectivity index (χ2v) is 5.12. The van der Waals surface area contributed by atoms with E-state index in [1.54, 1.807) is 0 Å². The molecule has 2 rings (SSSR count). The number of aryl methyl sites for hydroxylation is 1. The molecule has 0 radical (unpaired) electrons. The first-order valence-electron chi connectivity index (χ1n) is 6.18. The van der Waals surface area contributed by atoms with Gasteiger partial charge >= 0.3 is 0 Å². The van der Waals surface area contributed by atoms with Crippen LogP contribution in [-0.4, -0.2) is 19.1 Å². The minimum Gasteiger partial charge on any atom is -0.381 e. The third kappa shape index (κ3) is 3.38. The molecule has 0 bridgehead atoms. The van der Waals surface area contributed by atoms with E-state index in [9.17, 15) is 0 Å². The lowest BCUT2D eigenvalue weighted by Crippen LogP contribution is -2.09. The molecule has 2 aromatic rings. The van der Waals surface area contributed by atoms with Crippen LogP contribution in [0, 0.1) is 6.92 Å². The molecule has 0 aliphatic rings.